The molecule has 24 heavy (non-hydrogen) atoms. The van der Waals surface area contributed by atoms with Gasteiger partial charge >= 0.3 is 6.03 Å². The van der Waals surface area contributed by atoms with Crippen molar-refractivity contribution in [1.29, 1.82) is 0 Å². The maximum Gasteiger partial charge on any atom is 0.322 e. The summed E-state index contributed by atoms with van der Waals surface area (Å²) in [6.45, 7) is 0.670. The maximum absolute atomic E-state index is 12.7. The van der Waals surface area contributed by atoms with E-state index in [1.54, 1.807) is 23.3 Å². The van der Waals surface area contributed by atoms with Crippen LogP contribution in [-0.4, -0.2) is 31.7 Å². The molecule has 1 aliphatic rings. The van der Waals surface area contributed by atoms with Crippen LogP contribution in [0.5, 0.6) is 11.5 Å². The Morgan fingerprint density at radius 1 is 1.33 bits per heavy atom. The minimum absolute atomic E-state index is 0.0558. The van der Waals surface area contributed by atoms with E-state index in [4.69, 9.17) is 25.5 Å². The van der Waals surface area contributed by atoms with Gasteiger partial charge in [0.05, 0.1) is 37.2 Å². The number of furan rings is 1. The summed E-state index contributed by atoms with van der Waals surface area (Å²) < 4.78 is 15.9. The molecule has 0 saturated carbocycles. The molecular weight excluding hydrogens is 332 g/mol. The lowest BCUT2D eigenvalue weighted by Gasteiger charge is -2.24. The largest absolute Gasteiger partial charge is 0.495 e. The van der Waals surface area contributed by atoms with Crippen LogP contribution in [-0.2, 0) is 0 Å². The molecule has 2 amide bonds. The van der Waals surface area contributed by atoms with E-state index < -0.39 is 0 Å². The zero-order valence-corrected chi connectivity index (χ0v) is 14.3. The summed E-state index contributed by atoms with van der Waals surface area (Å²) in [5.41, 5.74) is 0.499. The fraction of sp³-hybridized carbons (Fsp3) is 0.353. The predicted molar refractivity (Wildman–Crippen MR) is 91.0 cm³/mol. The molecule has 1 saturated heterocycles. The van der Waals surface area contributed by atoms with Crippen LogP contribution in [0.2, 0.25) is 5.02 Å². The minimum atomic E-state index is -0.214. The van der Waals surface area contributed by atoms with Gasteiger partial charge in [0.15, 0.2) is 0 Å². The topological polar surface area (TPSA) is 63.9 Å². The third-order valence-corrected chi connectivity index (χ3v) is 4.40. The first-order valence-electron chi connectivity index (χ1n) is 7.66. The number of likely N-dealkylation sites (tertiary alicyclic amines) is 1. The fourth-order valence-corrected chi connectivity index (χ4v) is 3.17. The van der Waals surface area contributed by atoms with Crippen molar-refractivity contribution < 1.29 is 18.7 Å². The Balaban J connectivity index is 1.80. The van der Waals surface area contributed by atoms with Crippen LogP contribution in [0.1, 0.15) is 24.6 Å². The summed E-state index contributed by atoms with van der Waals surface area (Å²) in [4.78, 5) is 14.5. The average Bonchev–Trinajstić information content (AvgIpc) is 3.26. The van der Waals surface area contributed by atoms with Crippen LogP contribution >= 0.6 is 11.6 Å². The van der Waals surface area contributed by atoms with Gasteiger partial charge in [-0.15, -0.1) is 0 Å². The van der Waals surface area contributed by atoms with E-state index in [1.165, 1.54) is 14.2 Å². The zero-order chi connectivity index (χ0) is 17.1. The lowest BCUT2D eigenvalue weighted by molar-refractivity contribution is 0.199. The predicted octanol–water partition coefficient (Wildman–Crippen LogP) is 4.32. The molecule has 3 rings (SSSR count). The summed E-state index contributed by atoms with van der Waals surface area (Å²) in [6.07, 6.45) is 3.43. The Labute approximate surface area is 145 Å². The third-order valence-electron chi connectivity index (χ3n) is 4.10. The molecule has 7 heteroatoms. The SMILES string of the molecule is COc1cc(OC)c(NC(=O)N2CCC[C@@H]2c2ccco2)cc1Cl. The summed E-state index contributed by atoms with van der Waals surface area (Å²) in [6, 6.07) is 6.71. The minimum Gasteiger partial charge on any atom is -0.495 e. The van der Waals surface area contributed by atoms with E-state index in [-0.39, 0.29) is 12.1 Å². The lowest BCUT2D eigenvalue weighted by Crippen LogP contribution is -2.34. The number of amides is 2. The number of carbonyl (C=O) groups is 1. The molecule has 2 aromatic rings. The van der Waals surface area contributed by atoms with Crippen molar-refractivity contribution >= 4 is 23.3 Å². The summed E-state index contributed by atoms with van der Waals surface area (Å²) in [7, 11) is 3.05. The summed E-state index contributed by atoms with van der Waals surface area (Å²) in [5, 5.41) is 3.27. The number of hydrogen-bond donors (Lipinski definition) is 1. The maximum atomic E-state index is 12.7. The van der Waals surface area contributed by atoms with E-state index in [0.717, 1.165) is 18.6 Å². The van der Waals surface area contributed by atoms with E-state index in [9.17, 15) is 4.79 Å². The van der Waals surface area contributed by atoms with Gasteiger partial charge in [0, 0.05) is 12.6 Å². The number of nitrogens with one attached hydrogen (secondary N) is 1. The second kappa shape index (κ2) is 7.05. The lowest BCUT2D eigenvalue weighted by atomic mass is 10.2. The van der Waals surface area contributed by atoms with Gasteiger partial charge in [0.2, 0.25) is 0 Å². The number of methoxy groups -OCH3 is 2. The van der Waals surface area contributed by atoms with Crippen molar-refractivity contribution in [2.75, 3.05) is 26.1 Å². The van der Waals surface area contributed by atoms with Gasteiger partial charge in [-0.1, -0.05) is 11.6 Å². The van der Waals surface area contributed by atoms with Gasteiger partial charge in [0.25, 0.3) is 0 Å². The number of anilines is 1. The monoisotopic (exact) mass is 350 g/mol. The number of halogens is 1. The Hall–Kier alpha value is -2.34. The van der Waals surface area contributed by atoms with Crippen LogP contribution in [0.25, 0.3) is 0 Å². The van der Waals surface area contributed by atoms with Gasteiger partial charge < -0.3 is 24.1 Å². The van der Waals surface area contributed by atoms with Gasteiger partial charge in [-0.2, -0.15) is 0 Å². The van der Waals surface area contributed by atoms with E-state index in [1.807, 2.05) is 12.1 Å². The first kappa shape index (κ1) is 16.5. The summed E-state index contributed by atoms with van der Waals surface area (Å²) in [5.74, 6) is 1.77. The van der Waals surface area contributed by atoms with Crippen molar-refractivity contribution in [3.05, 3.63) is 41.3 Å². The molecule has 1 aromatic carbocycles. The molecular formula is C17H19ClN2O4. The first-order valence-corrected chi connectivity index (χ1v) is 8.04. The fourth-order valence-electron chi connectivity index (χ4n) is 2.93. The molecule has 2 heterocycles. The van der Waals surface area contributed by atoms with Gasteiger partial charge in [-0.25, -0.2) is 4.79 Å². The van der Waals surface area contributed by atoms with Crippen molar-refractivity contribution in [2.45, 2.75) is 18.9 Å². The van der Waals surface area contributed by atoms with Crippen LogP contribution in [0, 0.1) is 0 Å². The smallest absolute Gasteiger partial charge is 0.322 e. The van der Waals surface area contributed by atoms with E-state index >= 15 is 0 Å². The standard InChI is InChI=1S/C17H19ClN2O4/c1-22-15-10-16(23-2)12(9-11(15)18)19-17(21)20-7-3-5-13(20)14-6-4-8-24-14/h4,6,8-10,13H,3,5,7H2,1-2H3,(H,19,21)/t13-/m1/s1. The second-order valence-corrected chi connectivity index (χ2v) is 5.89. The van der Waals surface area contributed by atoms with Crippen molar-refractivity contribution in [2.24, 2.45) is 0 Å². The normalized spacial score (nSPS) is 17.0. The Morgan fingerprint density at radius 3 is 2.79 bits per heavy atom. The molecule has 0 unspecified atom stereocenters. The Morgan fingerprint density at radius 2 is 2.12 bits per heavy atom. The van der Waals surface area contributed by atoms with Crippen molar-refractivity contribution in [3.63, 3.8) is 0 Å². The van der Waals surface area contributed by atoms with Crippen molar-refractivity contribution in [1.82, 2.24) is 4.90 Å². The number of hydrogen-bond acceptors (Lipinski definition) is 4. The number of nitrogens with zero attached hydrogens (tertiary/aromatic N) is 1. The number of ether oxygens (including phenoxy) is 2. The Bertz CT molecular complexity index is 718. The van der Waals surface area contributed by atoms with Crippen molar-refractivity contribution in [3.8, 4) is 11.5 Å². The molecule has 0 aliphatic carbocycles. The van der Waals surface area contributed by atoms with Gasteiger partial charge in [-0.05, 0) is 31.0 Å². The number of carbonyl (C=O) groups excluding carboxylic acids is 1. The van der Waals surface area contributed by atoms with E-state index in [0.29, 0.717) is 28.8 Å². The molecule has 1 aromatic heterocycles. The van der Waals surface area contributed by atoms with Crippen LogP contribution < -0.4 is 14.8 Å². The molecule has 0 bridgehead atoms. The molecule has 1 N–H and O–H groups in total. The van der Waals surface area contributed by atoms with Crippen LogP contribution in [0.15, 0.2) is 34.9 Å². The zero-order valence-electron chi connectivity index (χ0n) is 13.5. The Kier molecular flexibility index (Phi) is 4.85. The first-order chi connectivity index (χ1) is 11.6. The molecule has 0 radical (unpaired) electrons. The molecule has 1 fully saturated rings. The van der Waals surface area contributed by atoms with Crippen LogP contribution in [0.3, 0.4) is 0 Å². The highest BCUT2D eigenvalue weighted by atomic mass is 35.5. The quantitative estimate of drug-likeness (QED) is 0.891. The highest BCUT2D eigenvalue weighted by Crippen LogP contribution is 2.37. The molecule has 128 valence electrons. The highest BCUT2D eigenvalue weighted by molar-refractivity contribution is 6.32. The number of urea groups is 1. The second-order valence-electron chi connectivity index (χ2n) is 5.48. The molecule has 1 atom stereocenters. The average molecular weight is 351 g/mol. The highest BCUT2D eigenvalue weighted by Gasteiger charge is 2.32. The van der Waals surface area contributed by atoms with Crippen LogP contribution in [0.4, 0.5) is 10.5 Å². The number of rotatable bonds is 4. The number of benzene rings is 1. The molecule has 0 spiro atoms. The van der Waals surface area contributed by atoms with E-state index in [2.05, 4.69) is 5.32 Å². The van der Waals surface area contributed by atoms with Gasteiger partial charge in [0.1, 0.15) is 17.3 Å². The molecule has 1 aliphatic heterocycles. The van der Waals surface area contributed by atoms with Gasteiger partial charge in [-0.3, -0.25) is 0 Å². The molecule has 6 nitrogen and oxygen atoms in total. The third kappa shape index (κ3) is 3.14. The summed E-state index contributed by atoms with van der Waals surface area (Å²) >= 11 is 6.15.